The molecule has 2 fully saturated rings. The molecule has 2 aliphatic heterocycles. The van der Waals surface area contributed by atoms with Crippen LogP contribution in [0.1, 0.15) is 26.7 Å². The standard InChI is InChI=1S/C20H31N3O6S2/c1-4-22(5-2)30(25,26)18-8-10-19(11-9-18)31(27,28)23-12-6-7-16(13-23)20(24)21(3)17-14-29-15-17/h8-11,16-17H,4-7,12-15H2,1-3H3/t16-/m1/s1. The molecule has 1 atom stereocenters. The van der Waals surface area contributed by atoms with E-state index in [0.717, 1.165) is 0 Å². The molecule has 0 radical (unpaired) electrons. The van der Waals surface area contributed by atoms with E-state index in [1.807, 2.05) is 0 Å². The summed E-state index contributed by atoms with van der Waals surface area (Å²) in [6.07, 6.45) is 1.24. The average molecular weight is 474 g/mol. The zero-order chi connectivity index (χ0) is 22.8. The van der Waals surface area contributed by atoms with Crippen LogP contribution in [-0.4, -0.2) is 88.7 Å². The maximum Gasteiger partial charge on any atom is 0.243 e. The summed E-state index contributed by atoms with van der Waals surface area (Å²) in [7, 11) is -5.75. The Morgan fingerprint density at radius 2 is 1.65 bits per heavy atom. The number of hydrogen-bond donors (Lipinski definition) is 0. The van der Waals surface area contributed by atoms with E-state index in [1.165, 1.54) is 32.9 Å². The highest BCUT2D eigenvalue weighted by Crippen LogP contribution is 2.27. The van der Waals surface area contributed by atoms with Crippen molar-refractivity contribution < 1.29 is 26.4 Å². The first-order valence-electron chi connectivity index (χ1n) is 10.6. The smallest absolute Gasteiger partial charge is 0.243 e. The molecule has 1 amide bonds. The maximum atomic E-state index is 13.2. The van der Waals surface area contributed by atoms with Gasteiger partial charge in [0.15, 0.2) is 0 Å². The number of rotatable bonds is 8. The highest BCUT2D eigenvalue weighted by molar-refractivity contribution is 7.89. The first kappa shape index (κ1) is 24.1. The number of carbonyl (C=O) groups is 1. The maximum absolute atomic E-state index is 13.2. The summed E-state index contributed by atoms with van der Waals surface area (Å²) in [6, 6.07) is 5.37. The van der Waals surface area contributed by atoms with E-state index < -0.39 is 26.0 Å². The lowest BCUT2D eigenvalue weighted by atomic mass is 9.97. The van der Waals surface area contributed by atoms with E-state index >= 15 is 0 Å². The Kier molecular flexibility index (Phi) is 7.42. The van der Waals surface area contributed by atoms with Crippen molar-refractivity contribution >= 4 is 26.0 Å². The summed E-state index contributed by atoms with van der Waals surface area (Å²) in [6.45, 7) is 5.67. The van der Waals surface area contributed by atoms with Crippen molar-refractivity contribution in [3.63, 3.8) is 0 Å². The summed E-state index contributed by atoms with van der Waals surface area (Å²) in [5.74, 6) is -0.453. The second kappa shape index (κ2) is 9.53. The number of nitrogens with zero attached hydrogens (tertiary/aromatic N) is 3. The van der Waals surface area contributed by atoms with Gasteiger partial charge in [0.05, 0.1) is 35.0 Å². The molecule has 3 rings (SSSR count). The van der Waals surface area contributed by atoms with Crippen molar-refractivity contribution in [1.82, 2.24) is 13.5 Å². The number of ether oxygens (including phenoxy) is 1. The third kappa shape index (κ3) is 4.80. The van der Waals surface area contributed by atoms with Crippen LogP contribution in [0.4, 0.5) is 0 Å². The minimum atomic E-state index is -3.83. The van der Waals surface area contributed by atoms with E-state index in [9.17, 15) is 21.6 Å². The highest BCUT2D eigenvalue weighted by Gasteiger charge is 2.37. The van der Waals surface area contributed by atoms with Gasteiger partial charge in [0, 0.05) is 33.2 Å². The summed E-state index contributed by atoms with van der Waals surface area (Å²) in [4.78, 5) is 14.5. The van der Waals surface area contributed by atoms with Crippen LogP contribution in [0.3, 0.4) is 0 Å². The van der Waals surface area contributed by atoms with Gasteiger partial charge in [0.25, 0.3) is 0 Å². The lowest BCUT2D eigenvalue weighted by Gasteiger charge is -2.38. The molecule has 1 aromatic carbocycles. The highest BCUT2D eigenvalue weighted by atomic mass is 32.2. The Hall–Kier alpha value is -1.53. The largest absolute Gasteiger partial charge is 0.377 e. The second-order valence-corrected chi connectivity index (χ2v) is 11.8. The molecule has 11 heteroatoms. The van der Waals surface area contributed by atoms with E-state index in [0.29, 0.717) is 45.7 Å². The number of likely N-dealkylation sites (N-methyl/N-ethyl adjacent to an activating group) is 1. The zero-order valence-corrected chi connectivity index (χ0v) is 19.9. The molecule has 2 aliphatic rings. The lowest BCUT2D eigenvalue weighted by Crippen LogP contribution is -2.53. The number of sulfonamides is 2. The molecule has 0 spiro atoms. The Labute approximate surface area is 185 Å². The monoisotopic (exact) mass is 473 g/mol. The topological polar surface area (TPSA) is 104 Å². The quantitative estimate of drug-likeness (QED) is 0.557. The van der Waals surface area contributed by atoms with Crippen molar-refractivity contribution in [2.45, 2.75) is 42.5 Å². The molecule has 1 aromatic rings. The van der Waals surface area contributed by atoms with E-state index in [-0.39, 0.29) is 28.3 Å². The van der Waals surface area contributed by atoms with Crippen LogP contribution < -0.4 is 0 Å². The van der Waals surface area contributed by atoms with Crippen molar-refractivity contribution in [3.8, 4) is 0 Å². The van der Waals surface area contributed by atoms with Gasteiger partial charge in [0.1, 0.15) is 0 Å². The van der Waals surface area contributed by atoms with Gasteiger partial charge in [-0.2, -0.15) is 8.61 Å². The van der Waals surface area contributed by atoms with Crippen LogP contribution >= 0.6 is 0 Å². The van der Waals surface area contributed by atoms with Gasteiger partial charge in [-0.25, -0.2) is 16.8 Å². The minimum Gasteiger partial charge on any atom is -0.377 e. The second-order valence-electron chi connectivity index (χ2n) is 7.90. The third-order valence-corrected chi connectivity index (χ3v) is 10.00. The molecule has 2 heterocycles. The predicted molar refractivity (Wildman–Crippen MR) is 115 cm³/mol. The molecule has 0 bridgehead atoms. The van der Waals surface area contributed by atoms with Crippen LogP contribution in [0.25, 0.3) is 0 Å². The van der Waals surface area contributed by atoms with Gasteiger partial charge < -0.3 is 9.64 Å². The Morgan fingerprint density at radius 3 is 2.16 bits per heavy atom. The van der Waals surface area contributed by atoms with Gasteiger partial charge in [-0.1, -0.05) is 13.8 Å². The number of hydrogen-bond acceptors (Lipinski definition) is 6. The molecule has 0 saturated carbocycles. The Balaban J connectivity index is 1.75. The first-order valence-corrected chi connectivity index (χ1v) is 13.5. The number of piperidine rings is 1. The molecular formula is C20H31N3O6S2. The van der Waals surface area contributed by atoms with Crippen LogP contribution in [0.2, 0.25) is 0 Å². The molecule has 0 unspecified atom stereocenters. The molecule has 0 aliphatic carbocycles. The van der Waals surface area contributed by atoms with Gasteiger partial charge >= 0.3 is 0 Å². The predicted octanol–water partition coefficient (Wildman–Crippen LogP) is 0.975. The van der Waals surface area contributed by atoms with Gasteiger partial charge in [-0.15, -0.1) is 0 Å². The average Bonchev–Trinajstić information content (AvgIpc) is 2.72. The van der Waals surface area contributed by atoms with Crippen LogP contribution in [-0.2, 0) is 29.6 Å². The van der Waals surface area contributed by atoms with Crippen LogP contribution in [0.15, 0.2) is 34.1 Å². The minimum absolute atomic E-state index is 0.0276. The van der Waals surface area contributed by atoms with Crippen molar-refractivity contribution in [2.24, 2.45) is 5.92 Å². The summed E-state index contributed by atoms with van der Waals surface area (Å²) >= 11 is 0. The first-order chi connectivity index (χ1) is 14.6. The molecule has 174 valence electrons. The van der Waals surface area contributed by atoms with Gasteiger partial charge in [0.2, 0.25) is 26.0 Å². The van der Waals surface area contributed by atoms with E-state index in [1.54, 1.807) is 25.8 Å². The van der Waals surface area contributed by atoms with Crippen molar-refractivity contribution in [1.29, 1.82) is 0 Å². The fraction of sp³-hybridized carbons (Fsp3) is 0.650. The molecule has 2 saturated heterocycles. The van der Waals surface area contributed by atoms with E-state index in [2.05, 4.69) is 0 Å². The zero-order valence-electron chi connectivity index (χ0n) is 18.2. The number of amides is 1. The lowest BCUT2D eigenvalue weighted by molar-refractivity contribution is -0.147. The summed E-state index contributed by atoms with van der Waals surface area (Å²) in [5.41, 5.74) is 0. The Bertz CT molecular complexity index is 986. The molecule has 0 N–H and O–H groups in total. The third-order valence-electron chi connectivity index (χ3n) is 6.05. The fourth-order valence-electron chi connectivity index (χ4n) is 3.92. The van der Waals surface area contributed by atoms with Crippen LogP contribution in [0.5, 0.6) is 0 Å². The summed E-state index contributed by atoms with van der Waals surface area (Å²) < 4.78 is 59.4. The summed E-state index contributed by atoms with van der Waals surface area (Å²) in [5, 5.41) is 0. The van der Waals surface area contributed by atoms with E-state index in [4.69, 9.17) is 4.74 Å². The van der Waals surface area contributed by atoms with Crippen molar-refractivity contribution in [2.75, 3.05) is 46.4 Å². The molecule has 0 aromatic heterocycles. The van der Waals surface area contributed by atoms with Gasteiger partial charge in [-0.3, -0.25) is 4.79 Å². The molecular weight excluding hydrogens is 442 g/mol. The fourth-order valence-corrected chi connectivity index (χ4v) is 6.90. The van der Waals surface area contributed by atoms with Gasteiger partial charge in [-0.05, 0) is 37.1 Å². The van der Waals surface area contributed by atoms with Crippen molar-refractivity contribution in [3.05, 3.63) is 24.3 Å². The van der Waals surface area contributed by atoms with Crippen LogP contribution in [0, 0.1) is 5.92 Å². The molecule has 31 heavy (non-hydrogen) atoms. The normalized spacial score (nSPS) is 21.1. The SMILES string of the molecule is CCN(CC)S(=O)(=O)c1ccc(S(=O)(=O)N2CCC[C@@H](C(=O)N(C)C3COC3)C2)cc1. The molecule has 9 nitrogen and oxygen atoms in total. The number of carbonyl (C=O) groups excluding carboxylic acids is 1. The Morgan fingerprint density at radius 1 is 1.06 bits per heavy atom. The number of benzene rings is 1.